The molecule has 88 valence electrons. The number of pyridine rings is 1. The molecule has 17 heavy (non-hydrogen) atoms. The van der Waals surface area contributed by atoms with E-state index in [-0.39, 0.29) is 5.41 Å². The molecule has 0 aliphatic heterocycles. The molecule has 2 rings (SSSR count). The molecule has 1 aromatic carbocycles. The number of aryl methyl sites for hydroxylation is 1. The average molecular weight is 225 g/mol. The van der Waals surface area contributed by atoms with Crippen molar-refractivity contribution in [3.05, 3.63) is 53.7 Å². The average Bonchev–Trinajstić information content (AvgIpc) is 2.29. The Balaban J connectivity index is 2.51. The summed E-state index contributed by atoms with van der Waals surface area (Å²) in [6, 6.07) is 12.8. The second kappa shape index (κ2) is 4.33. The molecule has 0 saturated carbocycles. The van der Waals surface area contributed by atoms with E-state index in [0.29, 0.717) is 0 Å². The fraction of sp³-hybridized carbons (Fsp3) is 0.312. The summed E-state index contributed by atoms with van der Waals surface area (Å²) in [4.78, 5) is 4.47. The van der Waals surface area contributed by atoms with Crippen molar-refractivity contribution in [2.24, 2.45) is 0 Å². The molecule has 2 aromatic rings. The summed E-state index contributed by atoms with van der Waals surface area (Å²) in [5.74, 6) is 0. The zero-order chi connectivity index (χ0) is 12.5. The van der Waals surface area contributed by atoms with Crippen molar-refractivity contribution in [2.75, 3.05) is 0 Å². The van der Waals surface area contributed by atoms with Gasteiger partial charge < -0.3 is 0 Å². The Bertz CT molecular complexity index is 521. The number of nitrogens with zero attached hydrogens (tertiary/aromatic N) is 1. The lowest BCUT2D eigenvalue weighted by Gasteiger charge is -2.19. The predicted octanol–water partition coefficient (Wildman–Crippen LogP) is 4.35. The Morgan fingerprint density at radius 1 is 1.00 bits per heavy atom. The number of hydrogen-bond donors (Lipinski definition) is 0. The molecule has 0 unspecified atom stereocenters. The van der Waals surface area contributed by atoms with Crippen LogP contribution in [0.15, 0.2) is 42.6 Å². The van der Waals surface area contributed by atoms with Crippen LogP contribution in [0.3, 0.4) is 0 Å². The fourth-order valence-corrected chi connectivity index (χ4v) is 1.92. The maximum atomic E-state index is 4.47. The van der Waals surface area contributed by atoms with Gasteiger partial charge in [-0.15, -0.1) is 0 Å². The van der Waals surface area contributed by atoms with E-state index >= 15 is 0 Å². The summed E-state index contributed by atoms with van der Waals surface area (Å²) in [7, 11) is 0. The lowest BCUT2D eigenvalue weighted by atomic mass is 9.85. The number of rotatable bonds is 1. The van der Waals surface area contributed by atoms with Gasteiger partial charge in [-0.3, -0.25) is 4.98 Å². The molecular formula is C16H19N. The van der Waals surface area contributed by atoms with E-state index in [9.17, 15) is 0 Å². The fourth-order valence-electron chi connectivity index (χ4n) is 1.92. The van der Waals surface area contributed by atoms with Crippen molar-refractivity contribution in [1.29, 1.82) is 0 Å². The summed E-state index contributed by atoms with van der Waals surface area (Å²) >= 11 is 0. The van der Waals surface area contributed by atoms with E-state index in [1.54, 1.807) is 0 Å². The monoisotopic (exact) mass is 225 g/mol. The molecule has 0 spiro atoms. The third-order valence-corrected chi connectivity index (χ3v) is 3.01. The van der Waals surface area contributed by atoms with E-state index in [1.165, 1.54) is 16.7 Å². The zero-order valence-electron chi connectivity index (χ0n) is 11.0. The number of hydrogen-bond acceptors (Lipinski definition) is 1. The van der Waals surface area contributed by atoms with Crippen LogP contribution in [0.5, 0.6) is 0 Å². The predicted molar refractivity (Wildman–Crippen MR) is 73.1 cm³/mol. The maximum absolute atomic E-state index is 4.47. The molecule has 1 heteroatoms. The maximum Gasteiger partial charge on any atom is 0.0731 e. The minimum absolute atomic E-state index is 0.179. The van der Waals surface area contributed by atoms with Gasteiger partial charge in [0.15, 0.2) is 0 Å². The first-order valence-corrected chi connectivity index (χ1v) is 6.01. The molecule has 0 bridgehead atoms. The van der Waals surface area contributed by atoms with Gasteiger partial charge in [-0.25, -0.2) is 0 Å². The molecule has 1 aromatic heterocycles. The third-order valence-electron chi connectivity index (χ3n) is 3.01. The lowest BCUT2D eigenvalue weighted by Crippen LogP contribution is -2.10. The van der Waals surface area contributed by atoms with Gasteiger partial charge in [-0.2, -0.15) is 0 Å². The van der Waals surface area contributed by atoms with Crippen LogP contribution in [0.1, 0.15) is 31.9 Å². The zero-order valence-corrected chi connectivity index (χ0v) is 11.0. The van der Waals surface area contributed by atoms with Gasteiger partial charge in [0.05, 0.1) is 5.69 Å². The van der Waals surface area contributed by atoms with Gasteiger partial charge in [0.2, 0.25) is 0 Å². The van der Waals surface area contributed by atoms with Crippen molar-refractivity contribution >= 4 is 0 Å². The molecule has 0 saturated heterocycles. The minimum atomic E-state index is 0.179. The largest absolute Gasteiger partial charge is 0.256 e. The first kappa shape index (κ1) is 11.8. The van der Waals surface area contributed by atoms with Crippen LogP contribution in [-0.4, -0.2) is 4.98 Å². The first-order valence-electron chi connectivity index (χ1n) is 6.01. The van der Waals surface area contributed by atoms with Crippen LogP contribution in [-0.2, 0) is 5.41 Å². The van der Waals surface area contributed by atoms with Gasteiger partial charge in [0, 0.05) is 11.8 Å². The second-order valence-corrected chi connectivity index (χ2v) is 5.50. The van der Waals surface area contributed by atoms with Crippen molar-refractivity contribution in [2.45, 2.75) is 33.1 Å². The third kappa shape index (κ3) is 2.55. The Hall–Kier alpha value is -1.63. The summed E-state index contributed by atoms with van der Waals surface area (Å²) in [6.45, 7) is 8.80. The van der Waals surface area contributed by atoms with Crippen molar-refractivity contribution in [3.8, 4) is 11.3 Å². The van der Waals surface area contributed by atoms with Crippen molar-refractivity contribution in [3.63, 3.8) is 0 Å². The molecule has 0 atom stereocenters. The SMILES string of the molecule is Cc1cccnc1-c1cccc(C(C)(C)C)c1. The van der Waals surface area contributed by atoms with Crippen LogP contribution in [0, 0.1) is 6.92 Å². The highest BCUT2D eigenvalue weighted by Gasteiger charge is 2.14. The van der Waals surface area contributed by atoms with E-state index < -0.39 is 0 Å². The van der Waals surface area contributed by atoms with Crippen LogP contribution in [0.2, 0.25) is 0 Å². The molecule has 0 fully saturated rings. The van der Waals surface area contributed by atoms with E-state index in [1.807, 2.05) is 12.3 Å². The van der Waals surface area contributed by atoms with Gasteiger partial charge in [-0.05, 0) is 35.6 Å². The smallest absolute Gasteiger partial charge is 0.0731 e. The van der Waals surface area contributed by atoms with Gasteiger partial charge >= 0.3 is 0 Å². The molecule has 0 N–H and O–H groups in total. The highest BCUT2D eigenvalue weighted by molar-refractivity contribution is 5.63. The standard InChI is InChI=1S/C16H19N/c1-12-7-6-10-17-15(12)13-8-5-9-14(11-13)16(2,3)4/h5-11H,1-4H3. The van der Waals surface area contributed by atoms with Gasteiger partial charge in [-0.1, -0.05) is 45.0 Å². The summed E-state index contributed by atoms with van der Waals surface area (Å²) < 4.78 is 0. The summed E-state index contributed by atoms with van der Waals surface area (Å²) in [5, 5.41) is 0. The van der Waals surface area contributed by atoms with Crippen LogP contribution < -0.4 is 0 Å². The second-order valence-electron chi connectivity index (χ2n) is 5.50. The van der Waals surface area contributed by atoms with E-state index in [4.69, 9.17) is 0 Å². The Morgan fingerprint density at radius 3 is 2.41 bits per heavy atom. The Labute approximate surface area is 104 Å². The Morgan fingerprint density at radius 2 is 1.76 bits per heavy atom. The molecule has 1 heterocycles. The minimum Gasteiger partial charge on any atom is -0.256 e. The number of benzene rings is 1. The van der Waals surface area contributed by atoms with Crippen LogP contribution in [0.4, 0.5) is 0 Å². The quantitative estimate of drug-likeness (QED) is 0.703. The van der Waals surface area contributed by atoms with E-state index in [0.717, 1.165) is 5.69 Å². The molecule has 0 radical (unpaired) electrons. The van der Waals surface area contributed by atoms with Crippen molar-refractivity contribution in [1.82, 2.24) is 4.98 Å². The summed E-state index contributed by atoms with van der Waals surface area (Å²) in [5.41, 5.74) is 5.03. The number of aromatic nitrogens is 1. The lowest BCUT2D eigenvalue weighted by molar-refractivity contribution is 0.590. The first-order chi connectivity index (χ1) is 7.98. The topological polar surface area (TPSA) is 12.9 Å². The van der Waals surface area contributed by atoms with E-state index in [2.05, 4.69) is 63.0 Å². The molecular weight excluding hydrogens is 206 g/mol. The molecule has 0 amide bonds. The summed E-state index contributed by atoms with van der Waals surface area (Å²) in [6.07, 6.45) is 1.85. The van der Waals surface area contributed by atoms with Crippen molar-refractivity contribution < 1.29 is 0 Å². The highest BCUT2D eigenvalue weighted by atomic mass is 14.7. The normalized spacial score (nSPS) is 11.5. The molecule has 0 aliphatic carbocycles. The molecule has 1 nitrogen and oxygen atoms in total. The van der Waals surface area contributed by atoms with Gasteiger partial charge in [0.1, 0.15) is 0 Å². The van der Waals surface area contributed by atoms with Crippen LogP contribution in [0.25, 0.3) is 11.3 Å². The Kier molecular flexibility index (Phi) is 3.01. The molecule has 0 aliphatic rings. The highest BCUT2D eigenvalue weighted by Crippen LogP contribution is 2.27. The van der Waals surface area contributed by atoms with Crippen LogP contribution >= 0.6 is 0 Å². The van der Waals surface area contributed by atoms with Gasteiger partial charge in [0.25, 0.3) is 0 Å².